The summed E-state index contributed by atoms with van der Waals surface area (Å²) in [6.07, 6.45) is 6.46. The van der Waals surface area contributed by atoms with Gasteiger partial charge in [0.1, 0.15) is 11.5 Å². The number of allylic oxidation sites excluding steroid dienone is 1. The molecule has 1 amide bonds. The van der Waals surface area contributed by atoms with Gasteiger partial charge in [0.15, 0.2) is 6.61 Å². The Labute approximate surface area is 129 Å². The molecule has 0 fully saturated rings. The molecule has 22 heavy (non-hydrogen) atoms. The van der Waals surface area contributed by atoms with Crippen LogP contribution in [0.2, 0.25) is 0 Å². The van der Waals surface area contributed by atoms with Crippen molar-refractivity contribution in [1.29, 1.82) is 0 Å². The highest BCUT2D eigenvalue weighted by Crippen LogP contribution is 2.16. The minimum atomic E-state index is -0.319. The summed E-state index contributed by atoms with van der Waals surface area (Å²) in [5, 5.41) is 3.78. The Kier molecular flexibility index (Phi) is 5.54. The monoisotopic (exact) mass is 298 g/mol. The van der Waals surface area contributed by atoms with E-state index < -0.39 is 0 Å². The lowest BCUT2D eigenvalue weighted by Gasteiger charge is -2.07. The van der Waals surface area contributed by atoms with Crippen molar-refractivity contribution in [2.24, 2.45) is 5.10 Å². The number of hydrazone groups is 1. The Morgan fingerprint density at radius 1 is 1.32 bits per heavy atom. The molecule has 0 radical (unpaired) electrons. The zero-order valence-corrected chi connectivity index (χ0v) is 12.6. The molecule has 0 saturated carbocycles. The van der Waals surface area contributed by atoms with Crippen LogP contribution in [-0.4, -0.2) is 18.7 Å². The van der Waals surface area contributed by atoms with Gasteiger partial charge in [0.25, 0.3) is 5.91 Å². The van der Waals surface area contributed by atoms with Gasteiger partial charge in [0.05, 0.1) is 6.26 Å². The molecule has 1 aromatic carbocycles. The maximum Gasteiger partial charge on any atom is 0.277 e. The Morgan fingerprint density at radius 3 is 2.91 bits per heavy atom. The van der Waals surface area contributed by atoms with E-state index in [0.29, 0.717) is 5.75 Å². The van der Waals surface area contributed by atoms with Gasteiger partial charge in [-0.15, -0.1) is 0 Å². The zero-order chi connectivity index (χ0) is 15.8. The molecule has 0 aliphatic carbocycles. The third-order valence-electron chi connectivity index (χ3n) is 3.00. The molecule has 5 heteroatoms. The molecule has 0 spiro atoms. The van der Waals surface area contributed by atoms with Crippen molar-refractivity contribution in [3.8, 4) is 5.75 Å². The van der Waals surface area contributed by atoms with Gasteiger partial charge in [-0.1, -0.05) is 6.07 Å². The molecule has 2 rings (SSSR count). The lowest BCUT2D eigenvalue weighted by molar-refractivity contribution is -0.123. The van der Waals surface area contributed by atoms with Crippen molar-refractivity contribution in [2.45, 2.75) is 13.8 Å². The summed E-state index contributed by atoms with van der Waals surface area (Å²) < 4.78 is 10.5. The number of furan rings is 1. The number of nitrogens with one attached hydrogen (secondary N) is 1. The fraction of sp³-hybridized carbons (Fsp3) is 0.176. The van der Waals surface area contributed by atoms with Gasteiger partial charge in [-0.3, -0.25) is 4.79 Å². The highest BCUT2D eigenvalue weighted by Gasteiger charge is 2.02. The molecule has 0 bridgehead atoms. The van der Waals surface area contributed by atoms with E-state index in [1.54, 1.807) is 24.5 Å². The quantitative estimate of drug-likeness (QED) is 0.658. The minimum Gasteiger partial charge on any atom is -0.484 e. The zero-order valence-electron chi connectivity index (χ0n) is 12.6. The molecule has 5 nitrogen and oxygen atoms in total. The van der Waals surface area contributed by atoms with Crippen LogP contribution in [0.15, 0.2) is 52.2 Å². The van der Waals surface area contributed by atoms with Crippen LogP contribution in [0.3, 0.4) is 0 Å². The topological polar surface area (TPSA) is 63.8 Å². The summed E-state index contributed by atoms with van der Waals surface area (Å²) >= 11 is 0. The highest BCUT2D eigenvalue weighted by atomic mass is 16.5. The third-order valence-corrected chi connectivity index (χ3v) is 3.00. The number of aryl methyl sites for hydroxylation is 2. The first kappa shape index (κ1) is 15.6. The minimum absolute atomic E-state index is 0.0816. The maximum absolute atomic E-state index is 11.6. The van der Waals surface area contributed by atoms with Crippen molar-refractivity contribution < 1.29 is 13.9 Å². The first-order chi connectivity index (χ1) is 10.6. The van der Waals surface area contributed by atoms with Crippen LogP contribution in [0.4, 0.5) is 0 Å². The molecule has 0 aliphatic heterocycles. The van der Waals surface area contributed by atoms with Crippen molar-refractivity contribution in [2.75, 3.05) is 6.61 Å². The molecular weight excluding hydrogens is 280 g/mol. The predicted octanol–water partition coefficient (Wildman–Crippen LogP) is 3.09. The normalized spacial score (nSPS) is 11.2. The average Bonchev–Trinajstić information content (AvgIpc) is 3.01. The predicted molar refractivity (Wildman–Crippen MR) is 85.8 cm³/mol. The number of nitrogens with zero attached hydrogens (tertiary/aromatic N) is 1. The summed E-state index contributed by atoms with van der Waals surface area (Å²) in [5.74, 6) is 1.07. The molecule has 1 heterocycles. The second-order valence-electron chi connectivity index (χ2n) is 4.72. The molecule has 0 aliphatic rings. The molecule has 0 atom stereocenters. The lowest BCUT2D eigenvalue weighted by Crippen LogP contribution is -2.24. The number of ether oxygens (including phenoxy) is 1. The standard InChI is InChI=1S/C17H18N2O3/c1-13-7-8-16(11-14(13)2)22-12-17(20)19-18-9-3-5-15-6-4-10-21-15/h3-11H,12H2,1-2H3,(H,19,20)/b5-3+,18-9+. The van der Waals surface area contributed by atoms with Gasteiger partial charge in [-0.05, 0) is 61.4 Å². The summed E-state index contributed by atoms with van der Waals surface area (Å²) in [7, 11) is 0. The molecule has 114 valence electrons. The third kappa shape index (κ3) is 4.94. The van der Waals surface area contributed by atoms with E-state index in [-0.39, 0.29) is 12.5 Å². The summed E-state index contributed by atoms with van der Waals surface area (Å²) in [6.45, 7) is 3.94. The average molecular weight is 298 g/mol. The van der Waals surface area contributed by atoms with Gasteiger partial charge in [-0.2, -0.15) is 5.10 Å². The van der Waals surface area contributed by atoms with Crippen molar-refractivity contribution in [1.82, 2.24) is 5.43 Å². The van der Waals surface area contributed by atoms with Crippen molar-refractivity contribution in [3.05, 3.63) is 59.6 Å². The molecule has 1 N–H and O–H groups in total. The SMILES string of the molecule is Cc1ccc(OCC(=O)N/N=C/C=C/c2ccco2)cc1C. The molecule has 2 aromatic rings. The van der Waals surface area contributed by atoms with E-state index in [9.17, 15) is 4.79 Å². The van der Waals surface area contributed by atoms with Gasteiger partial charge >= 0.3 is 0 Å². The smallest absolute Gasteiger partial charge is 0.277 e. The van der Waals surface area contributed by atoms with E-state index >= 15 is 0 Å². The number of hydrogen-bond donors (Lipinski definition) is 1. The molecule has 0 unspecified atom stereocenters. The Hall–Kier alpha value is -2.82. The van der Waals surface area contributed by atoms with Crippen LogP contribution in [0.5, 0.6) is 5.75 Å². The van der Waals surface area contributed by atoms with Crippen LogP contribution in [0.1, 0.15) is 16.9 Å². The van der Waals surface area contributed by atoms with Crippen LogP contribution in [0, 0.1) is 13.8 Å². The first-order valence-electron chi connectivity index (χ1n) is 6.87. The molecule has 0 saturated heterocycles. The number of amides is 1. The summed E-state index contributed by atoms with van der Waals surface area (Å²) in [5.41, 5.74) is 4.69. The Morgan fingerprint density at radius 2 is 2.18 bits per heavy atom. The number of benzene rings is 1. The molecule has 1 aromatic heterocycles. The van der Waals surface area contributed by atoms with E-state index in [0.717, 1.165) is 11.3 Å². The largest absolute Gasteiger partial charge is 0.484 e. The highest BCUT2D eigenvalue weighted by molar-refractivity contribution is 5.81. The van der Waals surface area contributed by atoms with Crippen LogP contribution < -0.4 is 10.2 Å². The summed E-state index contributed by atoms with van der Waals surface area (Å²) in [6, 6.07) is 9.31. The Balaban J connectivity index is 1.72. The van der Waals surface area contributed by atoms with Crippen molar-refractivity contribution >= 4 is 18.2 Å². The lowest BCUT2D eigenvalue weighted by atomic mass is 10.1. The van der Waals surface area contributed by atoms with Crippen LogP contribution in [-0.2, 0) is 4.79 Å². The first-order valence-corrected chi connectivity index (χ1v) is 6.87. The van der Waals surface area contributed by atoms with Gasteiger partial charge < -0.3 is 9.15 Å². The van der Waals surface area contributed by atoms with E-state index in [2.05, 4.69) is 10.5 Å². The van der Waals surface area contributed by atoms with Crippen LogP contribution >= 0.6 is 0 Å². The van der Waals surface area contributed by atoms with Gasteiger partial charge in [0, 0.05) is 6.21 Å². The van der Waals surface area contributed by atoms with E-state index in [1.807, 2.05) is 38.1 Å². The van der Waals surface area contributed by atoms with Crippen molar-refractivity contribution in [3.63, 3.8) is 0 Å². The number of rotatable bonds is 6. The Bertz CT molecular complexity index is 673. The van der Waals surface area contributed by atoms with Gasteiger partial charge in [0.2, 0.25) is 0 Å². The number of hydrogen-bond acceptors (Lipinski definition) is 4. The molecular formula is C17H18N2O3. The fourth-order valence-electron chi connectivity index (χ4n) is 1.66. The van der Waals surface area contributed by atoms with Gasteiger partial charge in [-0.25, -0.2) is 5.43 Å². The number of carbonyl (C=O) groups is 1. The fourth-order valence-corrected chi connectivity index (χ4v) is 1.66. The summed E-state index contributed by atoms with van der Waals surface area (Å²) in [4.78, 5) is 11.6. The maximum atomic E-state index is 11.6. The van der Waals surface area contributed by atoms with E-state index in [4.69, 9.17) is 9.15 Å². The second kappa shape index (κ2) is 7.83. The van der Waals surface area contributed by atoms with Crippen LogP contribution in [0.25, 0.3) is 6.08 Å². The second-order valence-corrected chi connectivity index (χ2v) is 4.72. The number of carbonyl (C=O) groups excluding carboxylic acids is 1. The van der Waals surface area contributed by atoms with E-state index in [1.165, 1.54) is 11.8 Å².